The first-order chi connectivity index (χ1) is 12.7. The van der Waals surface area contributed by atoms with E-state index >= 15 is 0 Å². The first-order valence-electron chi connectivity index (χ1n) is 9.81. The summed E-state index contributed by atoms with van der Waals surface area (Å²) < 4.78 is 22.6. The zero-order valence-electron chi connectivity index (χ0n) is 17.3. The molecule has 0 amide bonds. The fourth-order valence-electron chi connectivity index (χ4n) is 4.29. The minimum Gasteiger partial charge on any atom is -0.416 e. The van der Waals surface area contributed by atoms with Crippen LogP contribution in [0.4, 0.5) is 4.39 Å². The Morgan fingerprint density at radius 3 is 2.11 bits per heavy atom. The molecule has 0 saturated carbocycles. The normalized spacial score (nSPS) is 12.6. The fraction of sp³-hybridized carbons (Fsp3) is 0.571. The van der Waals surface area contributed by atoms with Crippen LogP contribution in [0.5, 0.6) is 0 Å². The number of nitrogens with zero attached hydrogens (tertiary/aromatic N) is 2. The predicted octanol–water partition coefficient (Wildman–Crippen LogP) is 7.03. The van der Waals surface area contributed by atoms with Gasteiger partial charge in [-0.1, -0.05) is 41.5 Å². The van der Waals surface area contributed by atoms with Crippen molar-refractivity contribution >= 4 is 24.2 Å². The molecular weight excluding hydrogens is 423 g/mol. The number of halogens is 2. The maximum Gasteiger partial charge on any atom is 0.200 e. The summed E-state index contributed by atoms with van der Waals surface area (Å²) in [4.78, 5) is 0. The smallest absolute Gasteiger partial charge is 0.200 e. The van der Waals surface area contributed by atoms with E-state index in [0.29, 0.717) is 16.6 Å². The van der Waals surface area contributed by atoms with Crippen LogP contribution in [0.1, 0.15) is 48.0 Å². The maximum atomic E-state index is 13.1. The van der Waals surface area contributed by atoms with Crippen LogP contribution >= 0.6 is 15.9 Å². The van der Waals surface area contributed by atoms with Crippen molar-refractivity contribution in [2.45, 2.75) is 71.1 Å². The quantitative estimate of drug-likeness (QED) is 0.300. The van der Waals surface area contributed by atoms with E-state index in [1.54, 1.807) is 12.1 Å². The summed E-state index contributed by atoms with van der Waals surface area (Å²) in [5.41, 5.74) is 3.54. The summed E-state index contributed by atoms with van der Waals surface area (Å²) >= 11 is 3.57. The van der Waals surface area contributed by atoms with E-state index in [0.717, 1.165) is 35.3 Å². The largest absolute Gasteiger partial charge is 0.416 e. The Morgan fingerprint density at radius 1 is 1.04 bits per heavy atom. The summed E-state index contributed by atoms with van der Waals surface area (Å²) in [5, 5.41) is 4.65. The topological polar surface area (TPSA) is 27.1 Å². The Morgan fingerprint density at radius 2 is 1.59 bits per heavy atom. The highest BCUT2D eigenvalue weighted by Crippen LogP contribution is 2.42. The molecule has 0 aliphatic rings. The van der Waals surface area contributed by atoms with Gasteiger partial charge in [0, 0.05) is 24.9 Å². The molecule has 1 heterocycles. The minimum atomic E-state index is -1.80. The third kappa shape index (κ3) is 5.09. The summed E-state index contributed by atoms with van der Waals surface area (Å²) in [5.74, 6) is -0.237. The van der Waals surface area contributed by atoms with Crippen molar-refractivity contribution in [1.82, 2.24) is 9.78 Å². The summed E-state index contributed by atoms with van der Waals surface area (Å²) in [7, 11) is -1.80. The third-order valence-corrected chi connectivity index (χ3v) is 12.1. The van der Waals surface area contributed by atoms with Gasteiger partial charge in [0.15, 0.2) is 8.32 Å². The summed E-state index contributed by atoms with van der Waals surface area (Å²) in [6, 6.07) is 6.43. The van der Waals surface area contributed by atoms with Gasteiger partial charge in [-0.15, -0.1) is 0 Å². The average Bonchev–Trinajstić information content (AvgIpc) is 2.95. The van der Waals surface area contributed by atoms with Crippen molar-refractivity contribution in [3.05, 3.63) is 40.8 Å². The number of hydrogen-bond donors (Lipinski definition) is 0. The van der Waals surface area contributed by atoms with Gasteiger partial charge in [-0.25, -0.2) is 4.39 Å². The van der Waals surface area contributed by atoms with Crippen LogP contribution < -0.4 is 0 Å². The highest BCUT2D eigenvalue weighted by molar-refractivity contribution is 9.10. The van der Waals surface area contributed by atoms with Gasteiger partial charge in [-0.05, 0) is 63.2 Å². The summed E-state index contributed by atoms with van der Waals surface area (Å²) in [6.45, 7) is 15.4. The van der Waals surface area contributed by atoms with Crippen LogP contribution in [0, 0.1) is 5.82 Å². The lowest BCUT2D eigenvalue weighted by molar-refractivity contribution is 0.263. The Hall–Kier alpha value is -0.983. The molecule has 1 aromatic carbocycles. The van der Waals surface area contributed by atoms with Gasteiger partial charge in [0.2, 0.25) is 0 Å². The molecule has 27 heavy (non-hydrogen) atoms. The van der Waals surface area contributed by atoms with Gasteiger partial charge in [0.05, 0.1) is 4.47 Å². The zero-order chi connectivity index (χ0) is 20.2. The van der Waals surface area contributed by atoms with Gasteiger partial charge >= 0.3 is 0 Å². The van der Waals surface area contributed by atoms with Crippen LogP contribution in [0.15, 0.2) is 34.9 Å². The molecule has 6 heteroatoms. The number of rotatable bonds is 9. The molecule has 3 nitrogen and oxygen atoms in total. The molecule has 150 valence electrons. The molecule has 0 radical (unpaired) electrons. The monoisotopic (exact) mass is 454 g/mol. The molecule has 0 aliphatic carbocycles. The molecule has 0 spiro atoms. The lowest BCUT2D eigenvalue weighted by Gasteiger charge is -2.42. The number of aryl methyl sites for hydroxylation is 1. The van der Waals surface area contributed by atoms with Crippen LogP contribution in [0.25, 0.3) is 11.3 Å². The van der Waals surface area contributed by atoms with Crippen LogP contribution in [0.2, 0.25) is 16.6 Å². The van der Waals surface area contributed by atoms with E-state index in [1.165, 1.54) is 12.1 Å². The van der Waals surface area contributed by atoms with Crippen molar-refractivity contribution in [2.75, 3.05) is 6.61 Å². The van der Waals surface area contributed by atoms with E-state index in [2.05, 4.69) is 62.6 Å². The Kier molecular flexibility index (Phi) is 7.83. The first-order valence-corrected chi connectivity index (χ1v) is 12.7. The van der Waals surface area contributed by atoms with Gasteiger partial charge in [-0.3, -0.25) is 4.68 Å². The van der Waals surface area contributed by atoms with Crippen molar-refractivity contribution in [3.8, 4) is 11.3 Å². The maximum absolute atomic E-state index is 13.1. The van der Waals surface area contributed by atoms with E-state index < -0.39 is 8.32 Å². The average molecular weight is 455 g/mol. The first kappa shape index (κ1) is 22.3. The SMILES string of the molecule is CC(C)[Si](OCCCn1cc(Br)c(-c2ccc(F)cc2)n1)(C(C)C)C(C)C. The molecule has 2 rings (SSSR count). The summed E-state index contributed by atoms with van der Waals surface area (Å²) in [6.07, 6.45) is 2.91. The molecule has 0 N–H and O–H groups in total. The molecule has 0 atom stereocenters. The van der Waals surface area contributed by atoms with Crippen molar-refractivity contribution in [1.29, 1.82) is 0 Å². The highest BCUT2D eigenvalue weighted by atomic mass is 79.9. The number of benzene rings is 1. The van der Waals surface area contributed by atoms with E-state index in [1.807, 2.05) is 10.9 Å². The zero-order valence-corrected chi connectivity index (χ0v) is 19.9. The molecule has 0 unspecified atom stereocenters. The van der Waals surface area contributed by atoms with E-state index in [9.17, 15) is 4.39 Å². The molecule has 1 aromatic heterocycles. The number of hydrogen-bond acceptors (Lipinski definition) is 2. The molecular formula is C21H32BrFN2OSi. The third-order valence-electron chi connectivity index (χ3n) is 5.43. The fourth-order valence-corrected chi connectivity index (χ4v) is 10.3. The van der Waals surface area contributed by atoms with E-state index in [4.69, 9.17) is 4.43 Å². The Labute approximate surface area is 172 Å². The Bertz CT molecular complexity index is 707. The van der Waals surface area contributed by atoms with Gasteiger partial charge in [0.25, 0.3) is 0 Å². The predicted molar refractivity (Wildman–Crippen MR) is 117 cm³/mol. The van der Waals surface area contributed by atoms with Crippen molar-refractivity contribution in [2.24, 2.45) is 0 Å². The number of aromatic nitrogens is 2. The van der Waals surface area contributed by atoms with Crippen LogP contribution in [-0.2, 0) is 11.0 Å². The molecule has 0 aliphatic heterocycles. The van der Waals surface area contributed by atoms with Crippen LogP contribution in [0.3, 0.4) is 0 Å². The molecule has 0 fully saturated rings. The molecule has 0 bridgehead atoms. The van der Waals surface area contributed by atoms with Crippen molar-refractivity contribution in [3.63, 3.8) is 0 Å². The van der Waals surface area contributed by atoms with Gasteiger partial charge < -0.3 is 4.43 Å². The van der Waals surface area contributed by atoms with Gasteiger partial charge in [-0.2, -0.15) is 5.10 Å². The second-order valence-corrected chi connectivity index (χ2v) is 14.4. The van der Waals surface area contributed by atoms with E-state index in [-0.39, 0.29) is 5.82 Å². The second-order valence-electron chi connectivity index (χ2n) is 8.12. The molecule has 0 saturated heterocycles. The lowest BCUT2D eigenvalue weighted by Crippen LogP contribution is -2.48. The highest BCUT2D eigenvalue weighted by Gasteiger charge is 2.44. The van der Waals surface area contributed by atoms with Gasteiger partial charge in [0.1, 0.15) is 11.5 Å². The molecule has 2 aromatic rings. The Balaban J connectivity index is 1.99. The van der Waals surface area contributed by atoms with Crippen molar-refractivity contribution < 1.29 is 8.82 Å². The lowest BCUT2D eigenvalue weighted by atomic mass is 10.1. The van der Waals surface area contributed by atoms with Crippen LogP contribution in [-0.4, -0.2) is 24.7 Å². The minimum absolute atomic E-state index is 0.237. The second kappa shape index (κ2) is 9.48. The standard InChI is InChI=1S/C21H32BrFN2OSi/c1-15(2)27(16(3)4,17(5)6)26-13-7-12-25-14-20(22)21(24-25)18-8-10-19(23)11-9-18/h8-11,14-17H,7,12-13H2,1-6H3.